The van der Waals surface area contributed by atoms with E-state index in [0.717, 1.165) is 29.8 Å². The van der Waals surface area contributed by atoms with Gasteiger partial charge in [-0.15, -0.1) is 11.3 Å². The van der Waals surface area contributed by atoms with Gasteiger partial charge in [0.25, 0.3) is 0 Å². The van der Waals surface area contributed by atoms with Crippen molar-refractivity contribution in [2.45, 2.75) is 20.8 Å². The normalized spacial score (nSPS) is 10.7. The highest BCUT2D eigenvalue weighted by molar-refractivity contribution is 9.12. The molecule has 2 aromatic rings. The highest BCUT2D eigenvalue weighted by Crippen LogP contribution is 2.33. The van der Waals surface area contributed by atoms with Crippen LogP contribution in [0.1, 0.15) is 32.6 Å². The van der Waals surface area contributed by atoms with E-state index < -0.39 is 0 Å². The predicted octanol–water partition coefficient (Wildman–Crippen LogP) is 5.43. The Morgan fingerprint density at radius 2 is 1.56 bits per heavy atom. The van der Waals surface area contributed by atoms with E-state index in [2.05, 4.69) is 44.8 Å². The van der Waals surface area contributed by atoms with Crippen LogP contribution in [0.3, 0.4) is 0 Å². The van der Waals surface area contributed by atoms with Gasteiger partial charge in [-0.05, 0) is 81.5 Å². The quantitative estimate of drug-likeness (QED) is 0.628. The number of thiophene rings is 1. The summed E-state index contributed by atoms with van der Waals surface area (Å²) in [5.74, 6) is 0.0735. The predicted molar refractivity (Wildman–Crippen MR) is 83.8 cm³/mol. The topological polar surface area (TPSA) is 17.1 Å². The minimum absolute atomic E-state index is 0.0735. The maximum absolute atomic E-state index is 12.5. The summed E-state index contributed by atoms with van der Waals surface area (Å²) >= 11 is 8.36. The molecule has 0 N–H and O–H groups in total. The molecule has 0 saturated carbocycles. The first kappa shape index (κ1) is 14.0. The van der Waals surface area contributed by atoms with Crippen LogP contribution in [-0.2, 0) is 0 Å². The van der Waals surface area contributed by atoms with Gasteiger partial charge in [-0.2, -0.15) is 0 Å². The van der Waals surface area contributed by atoms with Gasteiger partial charge in [0.15, 0.2) is 5.78 Å². The molecule has 1 heterocycles. The first-order chi connectivity index (χ1) is 8.40. The van der Waals surface area contributed by atoms with E-state index in [0.29, 0.717) is 0 Å². The number of halogens is 2. The van der Waals surface area contributed by atoms with Crippen molar-refractivity contribution in [1.29, 1.82) is 0 Å². The Bertz CT molecular complexity index is 629. The Morgan fingerprint density at radius 1 is 0.944 bits per heavy atom. The Morgan fingerprint density at radius 3 is 2.11 bits per heavy atom. The second kappa shape index (κ2) is 5.27. The summed E-state index contributed by atoms with van der Waals surface area (Å²) in [5, 5.41) is 0. The van der Waals surface area contributed by atoms with Crippen molar-refractivity contribution in [3.8, 4) is 0 Å². The Kier molecular flexibility index (Phi) is 4.09. The molecule has 18 heavy (non-hydrogen) atoms. The molecule has 1 nitrogen and oxygen atoms in total. The van der Waals surface area contributed by atoms with Gasteiger partial charge in [0.1, 0.15) is 0 Å². The van der Waals surface area contributed by atoms with Crippen molar-refractivity contribution in [3.63, 3.8) is 0 Å². The lowest BCUT2D eigenvalue weighted by Gasteiger charge is -2.08. The molecule has 0 fully saturated rings. The summed E-state index contributed by atoms with van der Waals surface area (Å²) in [7, 11) is 0. The average Bonchev–Trinajstić information content (AvgIpc) is 2.62. The molecule has 0 saturated heterocycles. The lowest BCUT2D eigenvalue weighted by Crippen LogP contribution is -2.04. The SMILES string of the molecule is Cc1cc(C)c(C(=O)c2cc(Br)sc2Br)cc1C. The number of ketones is 1. The monoisotopic (exact) mass is 386 g/mol. The minimum atomic E-state index is 0.0735. The molecule has 0 amide bonds. The van der Waals surface area contributed by atoms with Crippen LogP contribution in [0.15, 0.2) is 25.8 Å². The lowest BCUT2D eigenvalue weighted by atomic mass is 9.96. The molecule has 4 heteroatoms. The fraction of sp³-hybridized carbons (Fsp3) is 0.214. The van der Waals surface area contributed by atoms with Gasteiger partial charge >= 0.3 is 0 Å². The first-order valence-corrected chi connectivity index (χ1v) is 7.87. The molecule has 0 atom stereocenters. The van der Waals surface area contributed by atoms with Gasteiger partial charge in [-0.3, -0.25) is 4.79 Å². The van der Waals surface area contributed by atoms with Crippen LogP contribution in [0, 0.1) is 20.8 Å². The number of hydrogen-bond acceptors (Lipinski definition) is 2. The number of rotatable bonds is 2. The molecule has 2 rings (SSSR count). The van der Waals surface area contributed by atoms with Crippen LogP contribution in [0.25, 0.3) is 0 Å². The van der Waals surface area contributed by atoms with Crippen molar-refractivity contribution in [3.05, 3.63) is 53.6 Å². The van der Waals surface area contributed by atoms with Gasteiger partial charge in [0.2, 0.25) is 0 Å². The van der Waals surface area contributed by atoms with E-state index in [1.807, 2.05) is 26.0 Å². The van der Waals surface area contributed by atoms with Crippen molar-refractivity contribution < 1.29 is 4.79 Å². The molecular weight excluding hydrogens is 376 g/mol. The highest BCUT2D eigenvalue weighted by Gasteiger charge is 2.18. The Hall–Kier alpha value is -0.450. The second-order valence-corrected chi connectivity index (χ2v) is 8.07. The number of hydrogen-bond donors (Lipinski definition) is 0. The van der Waals surface area contributed by atoms with Crippen molar-refractivity contribution >= 4 is 49.0 Å². The van der Waals surface area contributed by atoms with Crippen LogP contribution < -0.4 is 0 Å². The van der Waals surface area contributed by atoms with Gasteiger partial charge in [0, 0.05) is 11.1 Å². The number of carbonyl (C=O) groups excluding carboxylic acids is 1. The maximum atomic E-state index is 12.5. The van der Waals surface area contributed by atoms with Crippen LogP contribution in [-0.4, -0.2) is 5.78 Å². The molecule has 0 unspecified atom stereocenters. The van der Waals surface area contributed by atoms with Crippen molar-refractivity contribution in [2.24, 2.45) is 0 Å². The molecule has 1 aromatic heterocycles. The first-order valence-electron chi connectivity index (χ1n) is 5.47. The van der Waals surface area contributed by atoms with E-state index in [9.17, 15) is 4.79 Å². The lowest BCUT2D eigenvalue weighted by molar-refractivity contribution is 0.103. The van der Waals surface area contributed by atoms with Crippen LogP contribution in [0.2, 0.25) is 0 Å². The fourth-order valence-corrected chi connectivity index (χ4v) is 4.64. The van der Waals surface area contributed by atoms with Crippen molar-refractivity contribution in [2.75, 3.05) is 0 Å². The number of benzene rings is 1. The molecule has 0 aliphatic rings. The molecule has 0 bridgehead atoms. The molecule has 1 aromatic carbocycles. The van der Waals surface area contributed by atoms with E-state index in [4.69, 9.17) is 0 Å². The van der Waals surface area contributed by atoms with E-state index in [-0.39, 0.29) is 5.78 Å². The molecule has 0 spiro atoms. The Balaban J connectivity index is 2.53. The van der Waals surface area contributed by atoms with E-state index >= 15 is 0 Å². The van der Waals surface area contributed by atoms with Gasteiger partial charge in [0.05, 0.1) is 7.57 Å². The highest BCUT2D eigenvalue weighted by atomic mass is 79.9. The maximum Gasteiger partial charge on any atom is 0.195 e. The zero-order valence-electron chi connectivity index (χ0n) is 10.3. The molecule has 0 aliphatic heterocycles. The molecule has 94 valence electrons. The third-order valence-corrected chi connectivity index (χ3v) is 5.33. The Labute approximate surface area is 127 Å². The summed E-state index contributed by atoms with van der Waals surface area (Å²) in [5.41, 5.74) is 4.89. The van der Waals surface area contributed by atoms with Gasteiger partial charge in [-0.25, -0.2) is 0 Å². The molecule has 0 aliphatic carbocycles. The molecule has 0 radical (unpaired) electrons. The fourth-order valence-electron chi connectivity index (χ4n) is 1.85. The van der Waals surface area contributed by atoms with Crippen molar-refractivity contribution in [1.82, 2.24) is 0 Å². The van der Waals surface area contributed by atoms with Gasteiger partial charge in [-0.1, -0.05) is 6.07 Å². The third-order valence-electron chi connectivity index (χ3n) is 2.99. The minimum Gasteiger partial charge on any atom is -0.289 e. The number of carbonyl (C=O) groups is 1. The standard InChI is InChI=1S/C14H12Br2OS/c1-7-4-9(3)10(5-8(7)2)13(17)11-6-12(15)18-14(11)16/h4-6H,1-3H3. The van der Waals surface area contributed by atoms with Crippen LogP contribution in [0.4, 0.5) is 0 Å². The largest absolute Gasteiger partial charge is 0.289 e. The second-order valence-electron chi connectivity index (χ2n) is 4.32. The molecular formula is C14H12Br2OS. The smallest absolute Gasteiger partial charge is 0.195 e. The summed E-state index contributed by atoms with van der Waals surface area (Å²) in [6, 6.07) is 5.91. The summed E-state index contributed by atoms with van der Waals surface area (Å²) in [6.45, 7) is 6.08. The zero-order chi connectivity index (χ0) is 13.4. The summed E-state index contributed by atoms with van der Waals surface area (Å²) < 4.78 is 1.83. The zero-order valence-corrected chi connectivity index (χ0v) is 14.3. The van der Waals surface area contributed by atoms with E-state index in [1.54, 1.807) is 0 Å². The summed E-state index contributed by atoms with van der Waals surface area (Å²) in [6.07, 6.45) is 0. The van der Waals surface area contributed by atoms with E-state index in [1.165, 1.54) is 16.9 Å². The van der Waals surface area contributed by atoms with Crippen LogP contribution in [0.5, 0.6) is 0 Å². The van der Waals surface area contributed by atoms with Gasteiger partial charge < -0.3 is 0 Å². The third kappa shape index (κ3) is 2.60. The van der Waals surface area contributed by atoms with Crippen LogP contribution >= 0.6 is 43.2 Å². The number of aryl methyl sites for hydroxylation is 3. The average molecular weight is 388 g/mol. The summed E-state index contributed by atoms with van der Waals surface area (Å²) in [4.78, 5) is 12.5.